The maximum atomic E-state index is 12.8. The van der Waals surface area contributed by atoms with Crippen LogP contribution in [0.2, 0.25) is 0 Å². The molecule has 2 aliphatic rings. The summed E-state index contributed by atoms with van der Waals surface area (Å²) in [5.41, 5.74) is 0. The van der Waals surface area contributed by atoms with Gasteiger partial charge in [-0.1, -0.05) is 32.6 Å². The first-order valence-electron chi connectivity index (χ1n) is 8.31. The highest BCUT2D eigenvalue weighted by atomic mass is 19.4. The summed E-state index contributed by atoms with van der Waals surface area (Å²) in [6.45, 7) is 2.24. The van der Waals surface area contributed by atoms with E-state index in [0.29, 0.717) is 18.9 Å². The molecule has 0 aromatic rings. The molecule has 0 aliphatic heterocycles. The molecule has 0 amide bonds. The molecule has 0 radical (unpaired) electrons. The summed E-state index contributed by atoms with van der Waals surface area (Å²) in [5.74, 6) is -0.251. The first kappa shape index (κ1) is 16.1. The van der Waals surface area contributed by atoms with Gasteiger partial charge in [-0.05, 0) is 44.4 Å². The van der Waals surface area contributed by atoms with Crippen molar-refractivity contribution in [3.05, 3.63) is 0 Å². The van der Waals surface area contributed by atoms with Crippen molar-refractivity contribution in [1.82, 2.24) is 5.32 Å². The van der Waals surface area contributed by atoms with Gasteiger partial charge in [-0.15, -0.1) is 0 Å². The van der Waals surface area contributed by atoms with Gasteiger partial charge in [-0.3, -0.25) is 0 Å². The van der Waals surface area contributed by atoms with Gasteiger partial charge in [0.1, 0.15) is 0 Å². The SMILES string of the molecule is CCC1CCCC(NC2CCCC(C(F)(F)F)C2)CC1. The molecule has 1 N–H and O–H groups in total. The number of halogens is 3. The molecule has 4 atom stereocenters. The molecule has 20 heavy (non-hydrogen) atoms. The van der Waals surface area contributed by atoms with Crippen LogP contribution >= 0.6 is 0 Å². The summed E-state index contributed by atoms with van der Waals surface area (Å²) >= 11 is 0. The first-order valence-corrected chi connectivity index (χ1v) is 8.31. The molecule has 1 nitrogen and oxygen atoms in total. The van der Waals surface area contributed by atoms with E-state index in [1.165, 1.54) is 25.7 Å². The van der Waals surface area contributed by atoms with Gasteiger partial charge in [-0.2, -0.15) is 13.2 Å². The molecule has 2 fully saturated rings. The van der Waals surface area contributed by atoms with Crippen molar-refractivity contribution in [2.75, 3.05) is 0 Å². The fourth-order valence-corrected chi connectivity index (χ4v) is 3.93. The Labute approximate surface area is 120 Å². The molecule has 2 aliphatic carbocycles. The zero-order valence-electron chi connectivity index (χ0n) is 12.5. The molecule has 0 aromatic carbocycles. The number of nitrogens with one attached hydrogen (secondary N) is 1. The largest absolute Gasteiger partial charge is 0.391 e. The molecule has 0 saturated heterocycles. The second-order valence-corrected chi connectivity index (χ2v) is 6.75. The van der Waals surface area contributed by atoms with Gasteiger partial charge in [0.05, 0.1) is 5.92 Å². The van der Waals surface area contributed by atoms with Crippen molar-refractivity contribution in [2.24, 2.45) is 11.8 Å². The Morgan fingerprint density at radius 2 is 1.60 bits per heavy atom. The zero-order valence-corrected chi connectivity index (χ0v) is 12.5. The quantitative estimate of drug-likeness (QED) is 0.717. The van der Waals surface area contributed by atoms with Crippen LogP contribution in [-0.4, -0.2) is 18.3 Å². The van der Waals surface area contributed by atoms with Gasteiger partial charge < -0.3 is 5.32 Å². The molecule has 4 unspecified atom stereocenters. The van der Waals surface area contributed by atoms with E-state index in [2.05, 4.69) is 12.2 Å². The fourth-order valence-electron chi connectivity index (χ4n) is 3.93. The lowest BCUT2D eigenvalue weighted by molar-refractivity contribution is -0.183. The summed E-state index contributed by atoms with van der Waals surface area (Å²) in [4.78, 5) is 0. The Hall–Kier alpha value is -0.250. The van der Waals surface area contributed by atoms with E-state index in [1.54, 1.807) is 0 Å². The lowest BCUT2D eigenvalue weighted by Crippen LogP contribution is -2.43. The Morgan fingerprint density at radius 1 is 0.900 bits per heavy atom. The minimum atomic E-state index is -4.00. The van der Waals surface area contributed by atoms with Crippen LogP contribution in [0.5, 0.6) is 0 Å². The maximum Gasteiger partial charge on any atom is 0.391 e. The van der Waals surface area contributed by atoms with Crippen LogP contribution in [0.4, 0.5) is 13.2 Å². The van der Waals surface area contributed by atoms with Gasteiger partial charge in [0.2, 0.25) is 0 Å². The molecule has 2 saturated carbocycles. The summed E-state index contributed by atoms with van der Waals surface area (Å²) < 4.78 is 38.5. The Kier molecular flexibility index (Phi) is 5.76. The zero-order chi connectivity index (χ0) is 14.6. The summed E-state index contributed by atoms with van der Waals surface area (Å²) in [5, 5.41) is 3.54. The highest BCUT2D eigenvalue weighted by Crippen LogP contribution is 2.38. The molecular weight excluding hydrogens is 263 g/mol. The van der Waals surface area contributed by atoms with Crippen LogP contribution < -0.4 is 5.32 Å². The summed E-state index contributed by atoms with van der Waals surface area (Å²) in [6.07, 6.45) is 5.53. The smallest absolute Gasteiger partial charge is 0.311 e. The Balaban J connectivity index is 1.80. The van der Waals surface area contributed by atoms with E-state index in [1.807, 2.05) is 0 Å². The topological polar surface area (TPSA) is 12.0 Å². The van der Waals surface area contributed by atoms with E-state index in [0.717, 1.165) is 25.2 Å². The second-order valence-electron chi connectivity index (χ2n) is 6.75. The van der Waals surface area contributed by atoms with E-state index in [4.69, 9.17) is 0 Å². The van der Waals surface area contributed by atoms with Gasteiger partial charge in [-0.25, -0.2) is 0 Å². The van der Waals surface area contributed by atoms with Gasteiger partial charge in [0, 0.05) is 12.1 Å². The second kappa shape index (κ2) is 7.15. The summed E-state index contributed by atoms with van der Waals surface area (Å²) in [6, 6.07) is 0.530. The highest BCUT2D eigenvalue weighted by Gasteiger charge is 2.42. The van der Waals surface area contributed by atoms with Crippen LogP contribution in [-0.2, 0) is 0 Å². The highest BCUT2D eigenvalue weighted by molar-refractivity contribution is 4.85. The molecule has 2 rings (SSSR count). The predicted molar refractivity (Wildman–Crippen MR) is 75.6 cm³/mol. The molecule has 0 aromatic heterocycles. The summed E-state index contributed by atoms with van der Waals surface area (Å²) in [7, 11) is 0. The van der Waals surface area contributed by atoms with Crippen molar-refractivity contribution in [3.8, 4) is 0 Å². The monoisotopic (exact) mass is 291 g/mol. The Bertz CT molecular complexity index is 290. The lowest BCUT2D eigenvalue weighted by atomic mass is 9.84. The van der Waals surface area contributed by atoms with Crippen LogP contribution in [0.25, 0.3) is 0 Å². The molecule has 118 valence electrons. The van der Waals surface area contributed by atoms with E-state index in [9.17, 15) is 13.2 Å². The fraction of sp³-hybridized carbons (Fsp3) is 1.00. The van der Waals surface area contributed by atoms with Gasteiger partial charge >= 0.3 is 6.18 Å². The predicted octanol–water partition coefficient (Wildman–Crippen LogP) is 5.06. The standard InChI is InChI=1S/C16H28F3N/c1-2-12-5-3-7-14(10-9-12)20-15-8-4-6-13(11-15)16(17,18)19/h12-15,20H,2-11H2,1H3. The van der Waals surface area contributed by atoms with Crippen molar-refractivity contribution >= 4 is 0 Å². The normalized spacial score (nSPS) is 36.6. The maximum absolute atomic E-state index is 12.8. The third-order valence-corrected chi connectivity index (χ3v) is 5.27. The minimum absolute atomic E-state index is 0.0820. The van der Waals surface area contributed by atoms with E-state index >= 15 is 0 Å². The van der Waals surface area contributed by atoms with Crippen molar-refractivity contribution < 1.29 is 13.2 Å². The van der Waals surface area contributed by atoms with Crippen LogP contribution in [0, 0.1) is 11.8 Å². The third kappa shape index (κ3) is 4.64. The average molecular weight is 291 g/mol. The van der Waals surface area contributed by atoms with Crippen LogP contribution in [0.3, 0.4) is 0 Å². The molecule has 0 bridgehead atoms. The number of rotatable bonds is 3. The lowest BCUT2D eigenvalue weighted by Gasteiger charge is -2.33. The minimum Gasteiger partial charge on any atom is -0.311 e. The first-order chi connectivity index (χ1) is 9.49. The van der Waals surface area contributed by atoms with Crippen LogP contribution in [0.15, 0.2) is 0 Å². The molecule has 0 spiro atoms. The average Bonchev–Trinajstić information content (AvgIpc) is 2.63. The van der Waals surface area contributed by atoms with E-state index in [-0.39, 0.29) is 12.5 Å². The molecule has 4 heteroatoms. The third-order valence-electron chi connectivity index (χ3n) is 5.27. The van der Waals surface area contributed by atoms with Crippen molar-refractivity contribution in [1.29, 1.82) is 0 Å². The van der Waals surface area contributed by atoms with E-state index < -0.39 is 12.1 Å². The number of hydrogen-bond acceptors (Lipinski definition) is 1. The van der Waals surface area contributed by atoms with Gasteiger partial charge in [0.25, 0.3) is 0 Å². The number of hydrogen-bond donors (Lipinski definition) is 1. The molecule has 0 heterocycles. The van der Waals surface area contributed by atoms with Crippen molar-refractivity contribution in [3.63, 3.8) is 0 Å². The molecular formula is C16H28F3N. The Morgan fingerprint density at radius 3 is 2.30 bits per heavy atom. The number of alkyl halides is 3. The van der Waals surface area contributed by atoms with Crippen molar-refractivity contribution in [2.45, 2.75) is 89.4 Å². The van der Waals surface area contributed by atoms with Gasteiger partial charge in [0.15, 0.2) is 0 Å². The van der Waals surface area contributed by atoms with Crippen LogP contribution in [0.1, 0.15) is 71.1 Å².